The Morgan fingerprint density at radius 2 is 1.84 bits per heavy atom. The van der Waals surface area contributed by atoms with Crippen LogP contribution in [0.5, 0.6) is 0 Å². The Morgan fingerprint density at radius 1 is 1.08 bits per heavy atom. The maximum absolute atomic E-state index is 13.1. The first kappa shape index (κ1) is 14.2. The van der Waals surface area contributed by atoms with Gasteiger partial charge in [0, 0.05) is 11.1 Å². The Morgan fingerprint density at radius 3 is 2.60 bits per heavy atom. The van der Waals surface area contributed by atoms with Crippen LogP contribution in [0.1, 0.15) is 40.0 Å². The minimum absolute atomic E-state index is 0.0591. The molecule has 3 aromatic rings. The van der Waals surface area contributed by atoms with Gasteiger partial charge in [-0.25, -0.2) is 4.68 Å². The molecule has 0 fully saturated rings. The fraction of sp³-hybridized carbons (Fsp3) is 0.150. The summed E-state index contributed by atoms with van der Waals surface area (Å²) >= 11 is 0. The maximum atomic E-state index is 13.1. The first-order chi connectivity index (χ1) is 12.3. The first-order valence-corrected chi connectivity index (χ1v) is 8.41. The number of allylic oxidation sites excluding steroid dienone is 1. The third kappa shape index (κ3) is 1.92. The summed E-state index contributed by atoms with van der Waals surface area (Å²) in [4.78, 5) is 17.4. The van der Waals surface area contributed by atoms with Crippen molar-refractivity contribution in [3.05, 3.63) is 82.7 Å². The SMILES string of the molecule is CCc1ccc(C2C3=C(Nc4ncnn42)c2ccccc2C3=O)cc1. The number of aryl methyl sites for hydroxylation is 1. The lowest BCUT2D eigenvalue weighted by atomic mass is 9.93. The Labute approximate surface area is 145 Å². The smallest absolute Gasteiger partial charge is 0.226 e. The number of anilines is 1. The molecule has 2 aliphatic rings. The molecular weight excluding hydrogens is 312 g/mol. The average molecular weight is 328 g/mol. The van der Waals surface area contributed by atoms with Gasteiger partial charge in [0.1, 0.15) is 12.4 Å². The highest BCUT2D eigenvalue weighted by atomic mass is 16.1. The molecule has 1 aliphatic heterocycles. The molecule has 0 amide bonds. The van der Waals surface area contributed by atoms with E-state index in [1.807, 2.05) is 24.3 Å². The summed E-state index contributed by atoms with van der Waals surface area (Å²) in [6.45, 7) is 2.13. The molecule has 1 aromatic heterocycles. The second-order valence-electron chi connectivity index (χ2n) is 6.31. The van der Waals surface area contributed by atoms with Crippen molar-refractivity contribution < 1.29 is 4.79 Å². The van der Waals surface area contributed by atoms with E-state index in [1.54, 1.807) is 4.68 Å². The van der Waals surface area contributed by atoms with Crippen molar-refractivity contribution in [2.24, 2.45) is 0 Å². The number of hydrogen-bond acceptors (Lipinski definition) is 4. The lowest BCUT2D eigenvalue weighted by molar-refractivity contribution is 0.102. The lowest BCUT2D eigenvalue weighted by Gasteiger charge is -2.26. The predicted octanol–water partition coefficient (Wildman–Crippen LogP) is 3.46. The van der Waals surface area contributed by atoms with Crippen molar-refractivity contribution in [2.45, 2.75) is 19.4 Å². The number of carbonyl (C=O) groups excluding carboxylic acids is 1. The number of nitrogens with zero attached hydrogens (tertiary/aromatic N) is 3. The van der Waals surface area contributed by atoms with E-state index >= 15 is 0 Å². The van der Waals surface area contributed by atoms with Gasteiger partial charge < -0.3 is 5.32 Å². The maximum Gasteiger partial charge on any atom is 0.226 e. The van der Waals surface area contributed by atoms with Gasteiger partial charge in [-0.15, -0.1) is 0 Å². The van der Waals surface area contributed by atoms with Crippen molar-refractivity contribution >= 4 is 17.4 Å². The van der Waals surface area contributed by atoms with E-state index in [9.17, 15) is 4.79 Å². The molecule has 0 radical (unpaired) electrons. The standard InChI is InChI=1S/C20H16N4O/c1-2-12-7-9-13(10-8-12)18-16-17(23-20-21-11-22-24(18)20)14-5-3-4-6-15(14)19(16)25/h3-11,18H,2H2,1H3,(H,21,22,23). The Balaban J connectivity index is 1.73. The fourth-order valence-corrected chi connectivity index (χ4v) is 3.70. The monoisotopic (exact) mass is 328 g/mol. The zero-order chi connectivity index (χ0) is 17.0. The summed E-state index contributed by atoms with van der Waals surface area (Å²) in [5.41, 5.74) is 5.58. The number of benzene rings is 2. The van der Waals surface area contributed by atoms with Crippen LogP contribution in [0, 0.1) is 0 Å². The van der Waals surface area contributed by atoms with E-state index in [0.717, 1.165) is 34.4 Å². The molecule has 5 heteroatoms. The summed E-state index contributed by atoms with van der Waals surface area (Å²) in [6, 6.07) is 15.8. The van der Waals surface area contributed by atoms with Crippen LogP contribution in [0.2, 0.25) is 0 Å². The third-order valence-electron chi connectivity index (χ3n) is 4.99. The van der Waals surface area contributed by atoms with Gasteiger partial charge in [-0.1, -0.05) is 55.5 Å². The van der Waals surface area contributed by atoms with Crippen LogP contribution < -0.4 is 5.32 Å². The molecule has 0 saturated heterocycles. The quantitative estimate of drug-likeness (QED) is 0.782. The van der Waals surface area contributed by atoms with Gasteiger partial charge in [0.15, 0.2) is 5.78 Å². The van der Waals surface area contributed by atoms with Crippen LogP contribution in [0.15, 0.2) is 60.4 Å². The number of carbonyl (C=O) groups is 1. The van der Waals surface area contributed by atoms with Crippen LogP contribution in [0.25, 0.3) is 5.70 Å². The predicted molar refractivity (Wildman–Crippen MR) is 95.3 cm³/mol. The summed E-state index contributed by atoms with van der Waals surface area (Å²) in [6.07, 6.45) is 2.51. The van der Waals surface area contributed by atoms with Crippen LogP contribution >= 0.6 is 0 Å². The lowest BCUT2D eigenvalue weighted by Crippen LogP contribution is -2.25. The second-order valence-corrected chi connectivity index (χ2v) is 6.31. The van der Waals surface area contributed by atoms with E-state index in [4.69, 9.17) is 0 Å². The molecule has 0 saturated carbocycles. The highest BCUT2D eigenvalue weighted by Crippen LogP contribution is 2.44. The van der Waals surface area contributed by atoms with Gasteiger partial charge in [0.2, 0.25) is 5.95 Å². The van der Waals surface area contributed by atoms with Gasteiger partial charge in [-0.05, 0) is 17.5 Å². The molecule has 5 rings (SSSR count). The number of aromatic nitrogens is 3. The second kappa shape index (κ2) is 5.14. The third-order valence-corrected chi connectivity index (χ3v) is 4.99. The van der Waals surface area contributed by atoms with E-state index in [-0.39, 0.29) is 11.8 Å². The summed E-state index contributed by atoms with van der Waals surface area (Å²) < 4.78 is 1.80. The Hall–Kier alpha value is -3.21. The first-order valence-electron chi connectivity index (χ1n) is 8.41. The molecule has 5 nitrogen and oxygen atoms in total. The van der Waals surface area contributed by atoms with Crippen LogP contribution in [0.4, 0.5) is 5.95 Å². The summed E-state index contributed by atoms with van der Waals surface area (Å²) in [5, 5.41) is 7.67. The van der Waals surface area contributed by atoms with E-state index in [0.29, 0.717) is 5.95 Å². The molecular formula is C20H16N4O. The molecule has 0 spiro atoms. The number of Topliss-reactive ketones (excluding diaryl/α,β-unsaturated/α-hetero) is 1. The molecule has 122 valence electrons. The minimum atomic E-state index is -0.264. The highest BCUT2D eigenvalue weighted by molar-refractivity contribution is 6.23. The molecule has 1 N–H and O–H groups in total. The zero-order valence-corrected chi connectivity index (χ0v) is 13.7. The highest BCUT2D eigenvalue weighted by Gasteiger charge is 2.40. The summed E-state index contributed by atoms with van der Waals surface area (Å²) in [7, 11) is 0. The molecule has 2 aromatic carbocycles. The van der Waals surface area contributed by atoms with E-state index < -0.39 is 0 Å². The largest absolute Gasteiger partial charge is 0.323 e. The molecule has 1 unspecified atom stereocenters. The fourth-order valence-electron chi connectivity index (χ4n) is 3.70. The van der Waals surface area contributed by atoms with Crippen LogP contribution in [-0.4, -0.2) is 20.5 Å². The minimum Gasteiger partial charge on any atom is -0.323 e. The van der Waals surface area contributed by atoms with Crippen LogP contribution in [-0.2, 0) is 6.42 Å². The van der Waals surface area contributed by atoms with Crippen molar-refractivity contribution in [1.82, 2.24) is 14.8 Å². The van der Waals surface area contributed by atoms with Gasteiger partial charge in [-0.3, -0.25) is 4.79 Å². The number of rotatable bonds is 2. The normalized spacial score (nSPS) is 17.8. The van der Waals surface area contributed by atoms with Gasteiger partial charge in [-0.2, -0.15) is 10.1 Å². The topological polar surface area (TPSA) is 59.8 Å². The van der Waals surface area contributed by atoms with Crippen molar-refractivity contribution in [1.29, 1.82) is 0 Å². The number of fused-ring (bicyclic) bond motifs is 3. The molecule has 1 atom stereocenters. The van der Waals surface area contributed by atoms with E-state index in [2.05, 4.69) is 46.6 Å². The number of hydrogen-bond donors (Lipinski definition) is 1. The summed E-state index contributed by atoms with van der Waals surface area (Å²) in [5.74, 6) is 0.719. The molecule has 25 heavy (non-hydrogen) atoms. The van der Waals surface area contributed by atoms with Crippen molar-refractivity contribution in [3.8, 4) is 0 Å². The van der Waals surface area contributed by atoms with Crippen LogP contribution in [0.3, 0.4) is 0 Å². The molecule has 1 aliphatic carbocycles. The van der Waals surface area contributed by atoms with Crippen molar-refractivity contribution in [3.63, 3.8) is 0 Å². The molecule has 2 heterocycles. The van der Waals surface area contributed by atoms with Gasteiger partial charge in [0.05, 0.1) is 11.3 Å². The Kier molecular flexibility index (Phi) is 2.91. The average Bonchev–Trinajstić information content (AvgIpc) is 3.24. The number of ketones is 1. The van der Waals surface area contributed by atoms with Crippen molar-refractivity contribution in [2.75, 3.05) is 5.32 Å². The Bertz CT molecular complexity index is 1030. The number of nitrogens with one attached hydrogen (secondary N) is 1. The molecule has 0 bridgehead atoms. The van der Waals surface area contributed by atoms with Gasteiger partial charge >= 0.3 is 0 Å². The zero-order valence-electron chi connectivity index (χ0n) is 13.7. The van der Waals surface area contributed by atoms with E-state index in [1.165, 1.54) is 11.9 Å². The van der Waals surface area contributed by atoms with Gasteiger partial charge in [0.25, 0.3) is 0 Å².